The molecule has 4 rings (SSSR count). The Kier molecular flexibility index (Phi) is 3.65. The first-order valence-corrected chi connectivity index (χ1v) is 9.16. The number of hydrogen-bond donors (Lipinski definition) is 0. The van der Waals surface area contributed by atoms with Gasteiger partial charge in [-0.3, -0.25) is 4.79 Å². The number of fused-ring (bicyclic) bond motifs is 2. The van der Waals surface area contributed by atoms with E-state index in [1.807, 2.05) is 37.5 Å². The van der Waals surface area contributed by atoms with Crippen molar-refractivity contribution in [2.75, 3.05) is 6.79 Å². The molecule has 0 bridgehead atoms. The van der Waals surface area contributed by atoms with Crippen molar-refractivity contribution in [2.24, 2.45) is 4.99 Å². The maximum absolute atomic E-state index is 12.5. The molecule has 0 radical (unpaired) electrons. The van der Waals surface area contributed by atoms with E-state index in [2.05, 4.69) is 9.98 Å². The van der Waals surface area contributed by atoms with Crippen LogP contribution >= 0.6 is 22.7 Å². The van der Waals surface area contributed by atoms with Crippen LogP contribution in [0.2, 0.25) is 0 Å². The van der Waals surface area contributed by atoms with Gasteiger partial charge in [-0.1, -0.05) is 11.3 Å². The second-order valence-corrected chi connectivity index (χ2v) is 7.58. The van der Waals surface area contributed by atoms with Crippen molar-refractivity contribution in [3.05, 3.63) is 32.5 Å². The Labute approximate surface area is 146 Å². The Hall–Kier alpha value is -2.19. The van der Waals surface area contributed by atoms with E-state index in [0.29, 0.717) is 16.2 Å². The third kappa shape index (κ3) is 2.42. The molecule has 1 aliphatic heterocycles. The molecule has 0 atom stereocenters. The van der Waals surface area contributed by atoms with Crippen LogP contribution in [0.15, 0.2) is 17.1 Å². The van der Waals surface area contributed by atoms with E-state index in [0.717, 1.165) is 32.4 Å². The molecule has 24 heavy (non-hydrogen) atoms. The van der Waals surface area contributed by atoms with Gasteiger partial charge >= 0.3 is 0 Å². The van der Waals surface area contributed by atoms with Crippen LogP contribution in [0.25, 0.3) is 10.2 Å². The zero-order valence-corrected chi connectivity index (χ0v) is 15.1. The average Bonchev–Trinajstić information content (AvgIpc) is 3.21. The summed E-state index contributed by atoms with van der Waals surface area (Å²) in [5.74, 6) is 1.22. The van der Waals surface area contributed by atoms with Crippen LogP contribution in [0.3, 0.4) is 0 Å². The second kappa shape index (κ2) is 5.71. The van der Waals surface area contributed by atoms with Crippen molar-refractivity contribution in [3.63, 3.8) is 0 Å². The van der Waals surface area contributed by atoms with Crippen molar-refractivity contribution < 1.29 is 14.3 Å². The smallest absolute Gasteiger partial charge is 0.291 e. The molecule has 0 spiro atoms. The summed E-state index contributed by atoms with van der Waals surface area (Å²) in [5.41, 5.74) is 1.73. The highest BCUT2D eigenvalue weighted by Crippen LogP contribution is 2.37. The fourth-order valence-corrected chi connectivity index (χ4v) is 4.62. The Bertz CT molecular complexity index is 1030. The molecule has 3 aromatic rings. The number of nitrogens with zero attached hydrogens (tertiary/aromatic N) is 3. The fraction of sp³-hybridized carbons (Fsp3) is 0.312. The number of aromatic nitrogens is 2. The minimum Gasteiger partial charge on any atom is -0.454 e. The predicted octanol–water partition coefficient (Wildman–Crippen LogP) is 3.27. The summed E-state index contributed by atoms with van der Waals surface area (Å²) in [7, 11) is 0. The molecule has 6 nitrogen and oxygen atoms in total. The highest BCUT2D eigenvalue weighted by atomic mass is 32.1. The van der Waals surface area contributed by atoms with Crippen molar-refractivity contribution >= 4 is 38.8 Å². The molecular formula is C16H15N3O3S2. The predicted molar refractivity (Wildman–Crippen MR) is 93.1 cm³/mol. The van der Waals surface area contributed by atoms with Crippen LogP contribution in [-0.2, 0) is 6.54 Å². The largest absolute Gasteiger partial charge is 0.454 e. The molecule has 0 aliphatic carbocycles. The lowest BCUT2D eigenvalue weighted by molar-refractivity contribution is 0.100. The number of benzene rings is 1. The van der Waals surface area contributed by atoms with E-state index in [-0.39, 0.29) is 12.7 Å². The van der Waals surface area contributed by atoms with Gasteiger partial charge in [0.05, 0.1) is 20.9 Å². The first kappa shape index (κ1) is 15.3. The minimum atomic E-state index is -0.244. The molecule has 1 amide bonds. The van der Waals surface area contributed by atoms with Gasteiger partial charge < -0.3 is 14.0 Å². The maximum Gasteiger partial charge on any atom is 0.291 e. The zero-order chi connectivity index (χ0) is 16.8. The molecule has 1 aliphatic rings. The lowest BCUT2D eigenvalue weighted by Gasteiger charge is -2.01. The molecular weight excluding hydrogens is 346 g/mol. The molecule has 0 saturated carbocycles. The number of carbonyl (C=O) groups excluding carboxylic acids is 1. The van der Waals surface area contributed by atoms with E-state index in [1.54, 1.807) is 0 Å². The topological polar surface area (TPSA) is 65.7 Å². The molecule has 3 heterocycles. The van der Waals surface area contributed by atoms with Crippen LogP contribution in [0.4, 0.5) is 0 Å². The number of carbonyl (C=O) groups is 1. The summed E-state index contributed by atoms with van der Waals surface area (Å²) in [5, 5.41) is 0.872. The van der Waals surface area contributed by atoms with Crippen LogP contribution < -0.4 is 14.3 Å². The van der Waals surface area contributed by atoms with Gasteiger partial charge in [0, 0.05) is 18.7 Å². The van der Waals surface area contributed by atoms with Crippen molar-refractivity contribution in [1.82, 2.24) is 9.55 Å². The quantitative estimate of drug-likeness (QED) is 0.703. The van der Waals surface area contributed by atoms with Crippen LogP contribution in [0.5, 0.6) is 11.5 Å². The Balaban J connectivity index is 1.87. The summed E-state index contributed by atoms with van der Waals surface area (Å²) in [4.78, 5) is 22.5. The highest BCUT2D eigenvalue weighted by Gasteiger charge is 2.18. The third-order valence-corrected chi connectivity index (χ3v) is 5.89. The van der Waals surface area contributed by atoms with E-state index in [9.17, 15) is 4.79 Å². The first-order chi connectivity index (χ1) is 11.6. The average molecular weight is 361 g/mol. The molecule has 0 saturated heterocycles. The Morgan fingerprint density at radius 3 is 2.71 bits per heavy atom. The summed E-state index contributed by atoms with van der Waals surface area (Å²) >= 11 is 2.85. The van der Waals surface area contributed by atoms with Gasteiger partial charge in [0.25, 0.3) is 5.91 Å². The van der Waals surface area contributed by atoms with Crippen molar-refractivity contribution in [3.8, 4) is 11.5 Å². The summed E-state index contributed by atoms with van der Waals surface area (Å²) < 4.78 is 13.9. The van der Waals surface area contributed by atoms with Crippen LogP contribution in [0, 0.1) is 13.8 Å². The van der Waals surface area contributed by atoms with Crippen molar-refractivity contribution in [2.45, 2.75) is 27.3 Å². The second-order valence-electron chi connectivity index (χ2n) is 5.37. The molecule has 0 N–H and O–H groups in total. The fourth-order valence-electron chi connectivity index (χ4n) is 2.72. The van der Waals surface area contributed by atoms with E-state index in [4.69, 9.17) is 9.47 Å². The van der Waals surface area contributed by atoms with Gasteiger partial charge in [-0.2, -0.15) is 4.99 Å². The van der Waals surface area contributed by atoms with Gasteiger partial charge in [0.1, 0.15) is 4.88 Å². The van der Waals surface area contributed by atoms with Gasteiger partial charge in [-0.05, 0) is 20.8 Å². The normalized spacial score (nSPS) is 13.9. The zero-order valence-electron chi connectivity index (χ0n) is 13.5. The monoisotopic (exact) mass is 361 g/mol. The standard InChI is InChI=1S/C16H15N3O3S2/c1-4-19-10-5-11-12(22-7-21-11)6-13(10)24-16(19)18-15(20)14-8(2)17-9(3)23-14/h5-6H,4,7H2,1-3H3. The number of amides is 1. The van der Waals surface area contributed by atoms with Gasteiger partial charge in [0.15, 0.2) is 16.3 Å². The first-order valence-electron chi connectivity index (χ1n) is 7.53. The van der Waals surface area contributed by atoms with E-state index >= 15 is 0 Å². The Morgan fingerprint density at radius 2 is 2.04 bits per heavy atom. The third-order valence-electron chi connectivity index (χ3n) is 3.79. The van der Waals surface area contributed by atoms with Crippen LogP contribution in [-0.4, -0.2) is 22.3 Å². The SMILES string of the molecule is CCn1c(=NC(=O)c2sc(C)nc2C)sc2cc3c(cc21)OCO3. The number of ether oxygens (including phenoxy) is 2. The lowest BCUT2D eigenvalue weighted by atomic mass is 10.3. The van der Waals surface area contributed by atoms with Crippen LogP contribution in [0.1, 0.15) is 27.3 Å². The molecule has 2 aromatic heterocycles. The summed E-state index contributed by atoms with van der Waals surface area (Å²) in [6.45, 7) is 6.72. The number of thiazole rings is 2. The molecule has 0 fully saturated rings. The summed E-state index contributed by atoms with van der Waals surface area (Å²) in [6.07, 6.45) is 0. The van der Waals surface area contributed by atoms with Gasteiger partial charge in [-0.25, -0.2) is 4.98 Å². The highest BCUT2D eigenvalue weighted by molar-refractivity contribution is 7.16. The van der Waals surface area contributed by atoms with E-state index in [1.165, 1.54) is 22.7 Å². The number of hydrogen-bond acceptors (Lipinski definition) is 6. The maximum atomic E-state index is 12.5. The lowest BCUT2D eigenvalue weighted by Crippen LogP contribution is -2.15. The molecule has 8 heteroatoms. The van der Waals surface area contributed by atoms with Crippen molar-refractivity contribution in [1.29, 1.82) is 0 Å². The van der Waals surface area contributed by atoms with Gasteiger partial charge in [-0.15, -0.1) is 11.3 Å². The molecule has 124 valence electrons. The molecule has 1 aromatic carbocycles. The Morgan fingerprint density at radius 1 is 1.29 bits per heavy atom. The summed E-state index contributed by atoms with van der Waals surface area (Å²) in [6, 6.07) is 3.89. The number of aryl methyl sites for hydroxylation is 3. The van der Waals surface area contributed by atoms with E-state index < -0.39 is 0 Å². The minimum absolute atomic E-state index is 0.244. The molecule has 0 unspecified atom stereocenters. The van der Waals surface area contributed by atoms with Gasteiger partial charge in [0.2, 0.25) is 6.79 Å². The number of rotatable bonds is 2.